The van der Waals surface area contributed by atoms with E-state index in [1.807, 2.05) is 0 Å². The fourth-order valence-corrected chi connectivity index (χ4v) is 1.52. The first-order valence-electron chi connectivity index (χ1n) is 5.65. The molecule has 6 heteroatoms. The van der Waals surface area contributed by atoms with Crippen molar-refractivity contribution in [1.29, 1.82) is 0 Å². The van der Waals surface area contributed by atoms with Gasteiger partial charge in [0.15, 0.2) is 11.6 Å². The van der Waals surface area contributed by atoms with Crippen LogP contribution in [0.4, 0.5) is 8.78 Å². The Labute approximate surface area is 114 Å². The predicted octanol–water partition coefficient (Wildman–Crippen LogP) is 2.14. The lowest BCUT2D eigenvalue weighted by molar-refractivity contribution is 0.0293. The largest absolute Gasteiger partial charge is 0.436 e. The summed E-state index contributed by atoms with van der Waals surface area (Å²) in [5.41, 5.74) is 0.122. The van der Waals surface area contributed by atoms with Crippen molar-refractivity contribution in [1.82, 2.24) is 9.97 Å². The molecule has 0 fully saturated rings. The minimum Gasteiger partial charge on any atom is -0.436 e. The van der Waals surface area contributed by atoms with Crippen molar-refractivity contribution in [2.75, 3.05) is 0 Å². The molecule has 0 aliphatic rings. The van der Waals surface area contributed by atoms with E-state index in [4.69, 9.17) is 4.74 Å². The average Bonchev–Trinajstić information content (AvgIpc) is 2.42. The van der Waals surface area contributed by atoms with Crippen LogP contribution < -0.4 is 4.74 Å². The van der Waals surface area contributed by atoms with Crippen molar-refractivity contribution in [2.45, 2.75) is 13.2 Å². The first kappa shape index (κ1) is 13.9. The highest BCUT2D eigenvalue weighted by molar-refractivity contribution is 5.60. The highest BCUT2D eigenvalue weighted by atomic mass is 19.2. The molecule has 0 spiro atoms. The summed E-state index contributed by atoms with van der Waals surface area (Å²) >= 11 is 0. The molecule has 0 saturated heterocycles. The van der Waals surface area contributed by atoms with Gasteiger partial charge in [-0.1, -0.05) is 6.07 Å². The monoisotopic (exact) mass is 276 g/mol. The summed E-state index contributed by atoms with van der Waals surface area (Å²) in [4.78, 5) is 7.61. The Hall–Kier alpha value is -2.52. The Morgan fingerprint density at radius 3 is 2.85 bits per heavy atom. The third kappa shape index (κ3) is 3.08. The molecule has 2 aromatic rings. The van der Waals surface area contributed by atoms with Crippen LogP contribution >= 0.6 is 0 Å². The van der Waals surface area contributed by atoms with Gasteiger partial charge in [0.25, 0.3) is 6.29 Å². The summed E-state index contributed by atoms with van der Waals surface area (Å²) in [5.74, 6) is 2.86. The molecular formula is C14H10F2N2O2. The maximum absolute atomic E-state index is 13.7. The molecule has 0 aliphatic heterocycles. The second-order valence-corrected chi connectivity index (χ2v) is 3.71. The second kappa shape index (κ2) is 6.08. The second-order valence-electron chi connectivity index (χ2n) is 3.71. The molecule has 102 valence electrons. The van der Waals surface area contributed by atoms with Crippen LogP contribution in [0.1, 0.15) is 6.92 Å². The lowest BCUT2D eigenvalue weighted by atomic mass is 10.1. The van der Waals surface area contributed by atoms with Crippen molar-refractivity contribution in [3.8, 4) is 29.0 Å². The number of rotatable bonds is 3. The van der Waals surface area contributed by atoms with Crippen molar-refractivity contribution in [3.63, 3.8) is 0 Å². The molecule has 1 atom stereocenters. The van der Waals surface area contributed by atoms with E-state index >= 15 is 0 Å². The Morgan fingerprint density at radius 1 is 1.30 bits per heavy atom. The van der Waals surface area contributed by atoms with Gasteiger partial charge in [-0.25, -0.2) is 18.7 Å². The van der Waals surface area contributed by atoms with Gasteiger partial charge in [0.05, 0.1) is 5.69 Å². The van der Waals surface area contributed by atoms with E-state index in [2.05, 4.69) is 21.8 Å². The van der Waals surface area contributed by atoms with Gasteiger partial charge in [0.2, 0.25) is 5.88 Å². The molecule has 1 unspecified atom stereocenters. The standard InChI is InChI=1S/C14H10F2N2O2/c1-2-4-13(19)20-12-7-11(17-8-18-12)9-5-3-6-10(15)14(9)16/h3,5-8,13,19H,1H3. The minimum atomic E-state index is -1.35. The lowest BCUT2D eigenvalue weighted by Crippen LogP contribution is -2.13. The zero-order chi connectivity index (χ0) is 14.5. The van der Waals surface area contributed by atoms with Crippen LogP contribution in [0.5, 0.6) is 5.88 Å². The maximum Gasteiger partial charge on any atom is 0.264 e. The van der Waals surface area contributed by atoms with Gasteiger partial charge < -0.3 is 9.84 Å². The van der Waals surface area contributed by atoms with E-state index in [9.17, 15) is 13.9 Å². The van der Waals surface area contributed by atoms with Gasteiger partial charge >= 0.3 is 0 Å². The maximum atomic E-state index is 13.7. The lowest BCUT2D eigenvalue weighted by Gasteiger charge is -2.08. The fraction of sp³-hybridized carbons (Fsp3) is 0.143. The fourth-order valence-electron chi connectivity index (χ4n) is 1.52. The predicted molar refractivity (Wildman–Crippen MR) is 67.5 cm³/mol. The van der Waals surface area contributed by atoms with Crippen LogP contribution in [0.2, 0.25) is 0 Å². The summed E-state index contributed by atoms with van der Waals surface area (Å²) in [6, 6.07) is 5.05. The Balaban J connectivity index is 2.34. The quantitative estimate of drug-likeness (QED) is 0.689. The Kier molecular flexibility index (Phi) is 4.23. The van der Waals surface area contributed by atoms with Gasteiger partial charge in [0.1, 0.15) is 6.33 Å². The average molecular weight is 276 g/mol. The zero-order valence-corrected chi connectivity index (χ0v) is 10.5. The Bertz CT molecular complexity index is 680. The number of hydrogen-bond donors (Lipinski definition) is 1. The Morgan fingerprint density at radius 2 is 2.10 bits per heavy atom. The molecule has 0 aliphatic carbocycles. The topological polar surface area (TPSA) is 55.2 Å². The SMILES string of the molecule is CC#CC(O)Oc1cc(-c2cccc(F)c2F)ncn1. The van der Waals surface area contributed by atoms with E-state index in [1.165, 1.54) is 18.2 Å². The van der Waals surface area contributed by atoms with Gasteiger partial charge in [-0.3, -0.25) is 0 Å². The summed E-state index contributed by atoms with van der Waals surface area (Å²) in [6.07, 6.45) is -0.221. The number of aliphatic hydroxyl groups is 1. The number of benzene rings is 1. The normalized spacial score (nSPS) is 11.4. The molecule has 1 heterocycles. The van der Waals surface area contributed by atoms with Crippen LogP contribution in [0.15, 0.2) is 30.6 Å². The highest BCUT2D eigenvalue weighted by Crippen LogP contribution is 2.24. The minimum absolute atomic E-state index is 0.00825. The molecule has 1 aromatic carbocycles. The number of nitrogens with zero attached hydrogens (tertiary/aromatic N) is 2. The van der Waals surface area contributed by atoms with Crippen molar-refractivity contribution >= 4 is 0 Å². The van der Waals surface area contributed by atoms with E-state index in [0.29, 0.717) is 0 Å². The number of aromatic nitrogens is 2. The van der Waals surface area contributed by atoms with E-state index in [-0.39, 0.29) is 17.1 Å². The van der Waals surface area contributed by atoms with Crippen molar-refractivity contribution in [3.05, 3.63) is 42.2 Å². The number of aliphatic hydroxyl groups excluding tert-OH is 1. The molecule has 4 nitrogen and oxygen atoms in total. The number of hydrogen-bond acceptors (Lipinski definition) is 4. The molecule has 0 amide bonds. The van der Waals surface area contributed by atoms with Crippen LogP contribution in [-0.4, -0.2) is 21.4 Å². The van der Waals surface area contributed by atoms with Crippen molar-refractivity contribution in [2.24, 2.45) is 0 Å². The van der Waals surface area contributed by atoms with Gasteiger partial charge in [-0.05, 0) is 25.0 Å². The van der Waals surface area contributed by atoms with Gasteiger partial charge in [-0.15, -0.1) is 5.92 Å². The molecule has 1 N–H and O–H groups in total. The summed E-state index contributed by atoms with van der Waals surface area (Å²) < 4.78 is 31.8. The van der Waals surface area contributed by atoms with Crippen LogP contribution in [0.3, 0.4) is 0 Å². The third-order valence-corrected chi connectivity index (χ3v) is 2.37. The van der Waals surface area contributed by atoms with Crippen LogP contribution in [-0.2, 0) is 0 Å². The summed E-state index contributed by atoms with van der Waals surface area (Å²) in [6.45, 7) is 1.54. The van der Waals surface area contributed by atoms with E-state index in [1.54, 1.807) is 6.92 Å². The zero-order valence-electron chi connectivity index (χ0n) is 10.5. The molecule has 0 bridgehead atoms. The van der Waals surface area contributed by atoms with Gasteiger partial charge in [0, 0.05) is 11.6 Å². The molecule has 0 radical (unpaired) electrons. The van der Waals surface area contributed by atoms with Crippen molar-refractivity contribution < 1.29 is 18.6 Å². The van der Waals surface area contributed by atoms with E-state index < -0.39 is 17.9 Å². The highest BCUT2D eigenvalue weighted by Gasteiger charge is 2.12. The third-order valence-electron chi connectivity index (χ3n) is 2.37. The van der Waals surface area contributed by atoms with Crippen LogP contribution in [0.25, 0.3) is 11.3 Å². The molecule has 0 saturated carbocycles. The number of halogens is 2. The first-order chi connectivity index (χ1) is 9.61. The van der Waals surface area contributed by atoms with Gasteiger partial charge in [-0.2, -0.15) is 0 Å². The summed E-state index contributed by atoms with van der Waals surface area (Å²) in [5, 5.41) is 9.37. The molecule has 2 rings (SSSR count). The smallest absolute Gasteiger partial charge is 0.264 e. The number of ether oxygens (including phenoxy) is 1. The molecular weight excluding hydrogens is 266 g/mol. The molecule has 20 heavy (non-hydrogen) atoms. The molecule has 1 aromatic heterocycles. The van der Waals surface area contributed by atoms with E-state index in [0.717, 1.165) is 12.4 Å². The summed E-state index contributed by atoms with van der Waals surface area (Å²) in [7, 11) is 0. The van der Waals surface area contributed by atoms with Crippen LogP contribution in [0, 0.1) is 23.5 Å². The first-order valence-corrected chi connectivity index (χ1v) is 5.65.